The van der Waals surface area contributed by atoms with E-state index in [4.69, 9.17) is 4.98 Å². The molecule has 3 aromatic carbocycles. The van der Waals surface area contributed by atoms with Crippen molar-refractivity contribution >= 4 is 39.1 Å². The highest BCUT2D eigenvalue weighted by Gasteiger charge is 2.46. The summed E-state index contributed by atoms with van der Waals surface area (Å²) in [4.78, 5) is 38.4. The number of nitrogens with zero attached hydrogens (tertiary/aromatic N) is 2. The van der Waals surface area contributed by atoms with E-state index in [1.807, 2.05) is 19.1 Å². The molecular weight excluding hydrogens is 522 g/mol. The molecule has 0 bridgehead atoms. The largest absolute Gasteiger partial charge is 0.507 e. The number of carbonyl (C=O) groups excluding carboxylic acids is 1. The Hall–Kier alpha value is -4.71. The average Bonchev–Trinajstić information content (AvgIpc) is 2.92. The van der Waals surface area contributed by atoms with Crippen LogP contribution in [0.5, 0.6) is 5.75 Å². The number of para-hydroxylation sites is 1. The van der Waals surface area contributed by atoms with Gasteiger partial charge < -0.3 is 10.1 Å². The fourth-order valence-electron chi connectivity index (χ4n) is 6.92. The number of allylic oxidation sites excluding steroid dienone is 2. The topological polar surface area (TPSA) is 86.3 Å². The Bertz CT molecular complexity index is 2050. The van der Waals surface area contributed by atoms with Crippen molar-refractivity contribution in [3.05, 3.63) is 116 Å². The first-order chi connectivity index (χ1) is 20.0. The number of rotatable bonds is 2. The van der Waals surface area contributed by atoms with Crippen LogP contribution in [0, 0.1) is 26.2 Å². The predicted octanol–water partition coefficient (Wildman–Crippen LogP) is 7.63. The highest BCUT2D eigenvalue weighted by Crippen LogP contribution is 2.54. The quantitative estimate of drug-likeness (QED) is 0.234. The van der Waals surface area contributed by atoms with Crippen LogP contribution < -0.4 is 10.5 Å². The second-order valence-electron chi connectivity index (χ2n) is 12.7. The number of aromatic nitrogens is 2. The minimum atomic E-state index is -0.772. The monoisotopic (exact) mass is 555 g/mol. The molecule has 6 nitrogen and oxygen atoms in total. The van der Waals surface area contributed by atoms with Crippen molar-refractivity contribution in [1.29, 1.82) is 0 Å². The van der Waals surface area contributed by atoms with Crippen LogP contribution in [-0.2, 0) is 4.79 Å². The smallest absolute Gasteiger partial charge is 0.256 e. The van der Waals surface area contributed by atoms with Gasteiger partial charge in [-0.1, -0.05) is 49.7 Å². The van der Waals surface area contributed by atoms with Gasteiger partial charge in [-0.05, 0) is 80.1 Å². The molecule has 5 aromatic rings. The zero-order valence-electron chi connectivity index (χ0n) is 24.5. The predicted molar refractivity (Wildman–Crippen MR) is 168 cm³/mol. The van der Waals surface area contributed by atoms with Crippen LogP contribution in [0.4, 0.5) is 11.5 Å². The van der Waals surface area contributed by atoms with E-state index in [2.05, 4.69) is 80.0 Å². The van der Waals surface area contributed by atoms with Crippen LogP contribution in [-0.4, -0.2) is 20.9 Å². The van der Waals surface area contributed by atoms with Gasteiger partial charge in [-0.15, -0.1) is 0 Å². The van der Waals surface area contributed by atoms with Crippen LogP contribution >= 0.6 is 0 Å². The number of nitrogens with one attached hydrogen (secondary N) is 1. The molecule has 1 aliphatic carbocycles. The number of anilines is 2. The number of Topliss-reactive ketones (excluding diaryl/α,β-unsaturated/α-hetero) is 1. The maximum atomic E-state index is 14.2. The molecule has 1 atom stereocenters. The van der Waals surface area contributed by atoms with E-state index in [9.17, 15) is 14.7 Å². The third-order valence-corrected chi connectivity index (χ3v) is 8.78. The minimum Gasteiger partial charge on any atom is -0.507 e. The summed E-state index contributed by atoms with van der Waals surface area (Å²) in [6.45, 7) is 10.4. The van der Waals surface area contributed by atoms with Crippen LogP contribution in [0.2, 0.25) is 0 Å². The number of fused-ring (bicyclic) bond motifs is 3. The Kier molecular flexibility index (Phi) is 5.71. The van der Waals surface area contributed by atoms with Gasteiger partial charge in [0.1, 0.15) is 11.6 Å². The van der Waals surface area contributed by atoms with Crippen LogP contribution in [0.15, 0.2) is 82.8 Å². The number of pyridine rings is 2. The lowest BCUT2D eigenvalue weighted by molar-refractivity contribution is -0.118. The number of carbonyl (C=O) groups is 1. The van der Waals surface area contributed by atoms with Gasteiger partial charge in [-0.2, -0.15) is 0 Å². The Morgan fingerprint density at radius 2 is 1.64 bits per heavy atom. The number of aromatic hydroxyl groups is 1. The maximum Gasteiger partial charge on any atom is 0.256 e. The van der Waals surface area contributed by atoms with Gasteiger partial charge in [0, 0.05) is 39.7 Å². The lowest BCUT2D eigenvalue weighted by Crippen LogP contribution is -2.39. The summed E-state index contributed by atoms with van der Waals surface area (Å²) < 4.78 is 0. The van der Waals surface area contributed by atoms with Crippen molar-refractivity contribution in [3.8, 4) is 5.75 Å². The molecule has 2 N–H and O–H groups in total. The van der Waals surface area contributed by atoms with Crippen LogP contribution in [0.25, 0.3) is 21.8 Å². The zero-order chi connectivity index (χ0) is 29.5. The molecule has 0 spiro atoms. The fraction of sp³-hybridized carbons (Fsp3) is 0.250. The van der Waals surface area contributed by atoms with E-state index >= 15 is 0 Å². The number of aromatic amines is 1. The second-order valence-corrected chi connectivity index (χ2v) is 12.7. The van der Waals surface area contributed by atoms with Gasteiger partial charge in [0.25, 0.3) is 5.56 Å². The SMILES string of the molecule is Cc1ccc(N2C3=C(C(=O)CC(C)(C)C3)C(c3c(O)c4ccccc4[nH]c3=O)c3cc4c(C)cc(C)cc4nc32)cc1. The molecule has 7 rings (SSSR count). The first kappa shape index (κ1) is 26.2. The van der Waals surface area contributed by atoms with Crippen LogP contribution in [0.1, 0.15) is 60.4 Å². The summed E-state index contributed by atoms with van der Waals surface area (Å²) in [5.41, 5.74) is 7.23. The molecule has 0 saturated carbocycles. The van der Waals surface area contributed by atoms with Gasteiger partial charge in [0.2, 0.25) is 0 Å². The Balaban J connectivity index is 1.64. The molecule has 1 aliphatic heterocycles. The van der Waals surface area contributed by atoms with E-state index in [0.717, 1.165) is 44.5 Å². The van der Waals surface area contributed by atoms with Gasteiger partial charge in [-0.25, -0.2) is 4.98 Å². The Morgan fingerprint density at radius 1 is 0.905 bits per heavy atom. The molecule has 2 aromatic heterocycles. The standard InChI is InChI=1S/C36H33N3O3/c1-19-10-12-22(13-11-19)39-28-17-36(4,5)18-29(40)31(28)30(32-33(41)23-8-6-7-9-26(23)38-35(32)42)25-16-24-21(3)14-20(2)15-27(24)37-34(25)39/h6-16,30H,17-18H2,1-5H3,(H2,38,41,42). The summed E-state index contributed by atoms with van der Waals surface area (Å²) in [5, 5.41) is 13.2. The molecule has 0 amide bonds. The number of ketones is 1. The number of hydrogen-bond donors (Lipinski definition) is 2. The zero-order valence-corrected chi connectivity index (χ0v) is 24.5. The normalized spacial score (nSPS) is 18.0. The molecule has 0 radical (unpaired) electrons. The summed E-state index contributed by atoms with van der Waals surface area (Å²) in [7, 11) is 0. The van der Waals surface area contributed by atoms with E-state index in [-0.39, 0.29) is 22.5 Å². The van der Waals surface area contributed by atoms with Crippen molar-refractivity contribution in [3.63, 3.8) is 0 Å². The molecule has 3 heterocycles. The second kappa shape index (κ2) is 9.15. The molecule has 0 saturated heterocycles. The summed E-state index contributed by atoms with van der Waals surface area (Å²) >= 11 is 0. The number of benzene rings is 3. The molecule has 1 unspecified atom stereocenters. The Labute approximate surface area is 244 Å². The lowest BCUT2D eigenvalue weighted by Gasteiger charge is -2.44. The lowest BCUT2D eigenvalue weighted by atomic mass is 9.68. The number of H-pyrrole nitrogens is 1. The highest BCUT2D eigenvalue weighted by atomic mass is 16.3. The van der Waals surface area contributed by atoms with Gasteiger partial charge in [0.15, 0.2) is 5.78 Å². The number of hydrogen-bond acceptors (Lipinski definition) is 5. The minimum absolute atomic E-state index is 0.0123. The number of aryl methyl sites for hydroxylation is 3. The van der Waals surface area contributed by atoms with E-state index in [1.54, 1.807) is 12.1 Å². The van der Waals surface area contributed by atoms with Gasteiger partial charge in [-0.3, -0.25) is 14.5 Å². The van der Waals surface area contributed by atoms with Crippen molar-refractivity contribution in [2.24, 2.45) is 5.41 Å². The first-order valence-electron chi connectivity index (χ1n) is 14.4. The highest BCUT2D eigenvalue weighted by molar-refractivity contribution is 6.04. The molecular formula is C36H33N3O3. The first-order valence-corrected chi connectivity index (χ1v) is 14.4. The third-order valence-electron chi connectivity index (χ3n) is 8.78. The van der Waals surface area contributed by atoms with Crippen LogP contribution in [0.3, 0.4) is 0 Å². The molecule has 2 aliphatic rings. The van der Waals surface area contributed by atoms with E-state index in [0.29, 0.717) is 35.1 Å². The molecule has 42 heavy (non-hydrogen) atoms. The molecule has 0 fully saturated rings. The molecule has 6 heteroatoms. The van der Waals surface area contributed by atoms with Gasteiger partial charge in [0.05, 0.1) is 22.5 Å². The van der Waals surface area contributed by atoms with E-state index < -0.39 is 11.5 Å². The summed E-state index contributed by atoms with van der Waals surface area (Å²) in [6, 6.07) is 21.7. The van der Waals surface area contributed by atoms with Crippen molar-refractivity contribution in [1.82, 2.24) is 9.97 Å². The van der Waals surface area contributed by atoms with Crippen molar-refractivity contribution in [2.75, 3.05) is 4.90 Å². The van der Waals surface area contributed by atoms with Crippen molar-refractivity contribution in [2.45, 2.75) is 53.4 Å². The van der Waals surface area contributed by atoms with E-state index in [1.165, 1.54) is 0 Å². The average molecular weight is 556 g/mol. The molecule has 210 valence electrons. The Morgan fingerprint density at radius 3 is 2.40 bits per heavy atom. The summed E-state index contributed by atoms with van der Waals surface area (Å²) in [5.74, 6) is -0.204. The third kappa shape index (κ3) is 3.97. The maximum absolute atomic E-state index is 14.2. The summed E-state index contributed by atoms with van der Waals surface area (Å²) in [6.07, 6.45) is 0.974. The van der Waals surface area contributed by atoms with Crippen molar-refractivity contribution < 1.29 is 9.90 Å². The van der Waals surface area contributed by atoms with Gasteiger partial charge >= 0.3 is 0 Å². The fourth-order valence-corrected chi connectivity index (χ4v) is 6.92.